The maximum absolute atomic E-state index is 12.2. The summed E-state index contributed by atoms with van der Waals surface area (Å²) in [6, 6.07) is 11.5. The van der Waals surface area contributed by atoms with Crippen LogP contribution in [-0.2, 0) is 20.8 Å². The Morgan fingerprint density at radius 2 is 1.94 bits per heavy atom. The molecule has 0 aliphatic heterocycles. The fraction of sp³-hybridized carbons (Fsp3) is 0.458. The number of carbonyl (C=O) groups is 1. The second kappa shape index (κ2) is 12.1. The molecule has 0 aliphatic carbocycles. The van der Waals surface area contributed by atoms with Gasteiger partial charge in [-0.25, -0.2) is 4.79 Å². The van der Waals surface area contributed by atoms with E-state index < -0.39 is 6.04 Å². The highest BCUT2D eigenvalue weighted by Crippen LogP contribution is 2.37. The summed E-state index contributed by atoms with van der Waals surface area (Å²) in [5.74, 6) is -0.0834. The van der Waals surface area contributed by atoms with Crippen LogP contribution in [0.25, 0.3) is 0 Å². The van der Waals surface area contributed by atoms with E-state index in [0.717, 1.165) is 16.2 Å². The summed E-state index contributed by atoms with van der Waals surface area (Å²) in [6.45, 7) is 7.91. The lowest BCUT2D eigenvalue weighted by Gasteiger charge is -2.18. The summed E-state index contributed by atoms with van der Waals surface area (Å²) in [6.07, 6.45) is 1.74. The lowest BCUT2D eigenvalue weighted by molar-refractivity contribution is -0.141. The van der Waals surface area contributed by atoms with Crippen LogP contribution in [0.2, 0.25) is 0 Å². The van der Waals surface area contributed by atoms with Gasteiger partial charge in [-0.05, 0) is 44.6 Å². The van der Waals surface area contributed by atoms with Crippen LogP contribution in [0.1, 0.15) is 56.5 Å². The summed E-state index contributed by atoms with van der Waals surface area (Å²) < 4.78 is 4.93. The molecule has 0 amide bonds. The van der Waals surface area contributed by atoms with Gasteiger partial charge in [0.2, 0.25) is 0 Å². The number of hydrogen-bond donors (Lipinski definition) is 2. The molecule has 0 bridgehead atoms. The van der Waals surface area contributed by atoms with Crippen molar-refractivity contribution in [2.24, 2.45) is 11.1 Å². The number of hydrogen-bond acceptors (Lipinski definition) is 8. The third-order valence-electron chi connectivity index (χ3n) is 4.70. The average Bonchev–Trinajstić information content (AvgIpc) is 3.06. The van der Waals surface area contributed by atoms with Crippen LogP contribution in [0.15, 0.2) is 35.5 Å². The summed E-state index contributed by atoms with van der Waals surface area (Å²) in [7, 11) is 1.36. The van der Waals surface area contributed by atoms with Gasteiger partial charge in [0.25, 0.3) is 0 Å². The van der Waals surface area contributed by atoms with Crippen LogP contribution in [0.4, 0.5) is 10.7 Å². The first-order valence-corrected chi connectivity index (χ1v) is 11.5. The number of benzene rings is 1. The molecule has 1 aromatic heterocycles. The number of nitriles is 1. The largest absolute Gasteiger partial charge is 0.467 e. The number of nitrogen functional groups attached to an aromatic ring is 1. The highest BCUT2D eigenvalue weighted by Gasteiger charge is 2.24. The molecule has 2 rings (SSSR count). The Morgan fingerprint density at radius 3 is 2.50 bits per heavy atom. The van der Waals surface area contributed by atoms with Gasteiger partial charge in [-0.1, -0.05) is 49.3 Å². The van der Waals surface area contributed by atoms with E-state index in [0.29, 0.717) is 35.5 Å². The van der Waals surface area contributed by atoms with Crippen LogP contribution in [0.5, 0.6) is 0 Å². The maximum Gasteiger partial charge on any atom is 0.328 e. The number of anilines is 2. The fourth-order valence-corrected chi connectivity index (χ4v) is 4.27. The molecule has 3 N–H and O–H groups in total. The molecular weight excluding hydrogens is 424 g/mol. The summed E-state index contributed by atoms with van der Waals surface area (Å²) >= 11 is 1.39. The van der Waals surface area contributed by atoms with Crippen LogP contribution in [-0.4, -0.2) is 30.9 Å². The van der Waals surface area contributed by atoms with Gasteiger partial charge >= 0.3 is 5.97 Å². The summed E-state index contributed by atoms with van der Waals surface area (Å²) in [4.78, 5) is 18.6. The SMILES string of the molecule is COC(=O)C(CC(C)C)Nc1sc(CC/C(=N\OC(C)C)c2ccccc2)c(N)c1C#N. The Morgan fingerprint density at radius 1 is 1.25 bits per heavy atom. The van der Waals surface area contributed by atoms with Crippen molar-refractivity contribution >= 4 is 33.7 Å². The van der Waals surface area contributed by atoms with Crippen molar-refractivity contribution in [3.05, 3.63) is 46.3 Å². The second-order valence-electron chi connectivity index (χ2n) is 8.16. The van der Waals surface area contributed by atoms with Crippen LogP contribution in [0.3, 0.4) is 0 Å². The third-order valence-corrected chi connectivity index (χ3v) is 5.90. The van der Waals surface area contributed by atoms with E-state index >= 15 is 0 Å². The zero-order valence-electron chi connectivity index (χ0n) is 19.3. The lowest BCUT2D eigenvalue weighted by Crippen LogP contribution is -2.32. The van der Waals surface area contributed by atoms with E-state index in [1.54, 1.807) is 0 Å². The molecule has 1 unspecified atom stereocenters. The van der Waals surface area contributed by atoms with Crippen LogP contribution < -0.4 is 11.1 Å². The first-order chi connectivity index (χ1) is 15.3. The first kappa shape index (κ1) is 25.2. The molecule has 1 aromatic carbocycles. The van der Waals surface area contributed by atoms with Gasteiger partial charge in [0.05, 0.1) is 18.5 Å². The van der Waals surface area contributed by atoms with Crippen molar-refractivity contribution in [2.75, 3.05) is 18.2 Å². The monoisotopic (exact) mass is 456 g/mol. The number of methoxy groups -OCH3 is 1. The molecule has 0 saturated carbocycles. The highest BCUT2D eigenvalue weighted by molar-refractivity contribution is 7.17. The first-order valence-electron chi connectivity index (χ1n) is 10.7. The van der Waals surface area contributed by atoms with Gasteiger partial charge in [0, 0.05) is 4.88 Å². The molecule has 32 heavy (non-hydrogen) atoms. The number of oxime groups is 1. The maximum atomic E-state index is 12.2. The summed E-state index contributed by atoms with van der Waals surface area (Å²) in [5, 5.41) is 17.8. The van der Waals surface area contributed by atoms with Crippen molar-refractivity contribution in [3.8, 4) is 6.07 Å². The van der Waals surface area contributed by atoms with E-state index in [1.807, 2.05) is 58.0 Å². The molecule has 7 nitrogen and oxygen atoms in total. The Balaban J connectivity index is 2.26. The van der Waals surface area contributed by atoms with Crippen molar-refractivity contribution in [1.29, 1.82) is 5.26 Å². The molecule has 0 fully saturated rings. The fourth-order valence-electron chi connectivity index (χ4n) is 3.15. The highest BCUT2D eigenvalue weighted by atomic mass is 32.1. The Bertz CT molecular complexity index is 962. The molecular formula is C24H32N4O3S. The number of nitrogens with one attached hydrogen (secondary N) is 1. The number of nitrogens with two attached hydrogens (primary N) is 1. The van der Waals surface area contributed by atoms with Crippen molar-refractivity contribution in [3.63, 3.8) is 0 Å². The second-order valence-corrected chi connectivity index (χ2v) is 9.27. The predicted molar refractivity (Wildman–Crippen MR) is 130 cm³/mol. The predicted octanol–water partition coefficient (Wildman–Crippen LogP) is 4.96. The topological polar surface area (TPSA) is 110 Å². The van der Waals surface area contributed by atoms with Crippen LogP contribution >= 0.6 is 11.3 Å². The van der Waals surface area contributed by atoms with Crippen molar-refractivity contribution < 1.29 is 14.4 Å². The normalized spacial score (nSPS) is 12.5. The quantitative estimate of drug-likeness (QED) is 0.281. The number of aryl methyl sites for hydroxylation is 1. The van der Waals surface area contributed by atoms with Crippen molar-refractivity contribution in [2.45, 2.75) is 59.1 Å². The average molecular weight is 457 g/mol. The van der Waals surface area contributed by atoms with E-state index in [2.05, 4.69) is 16.5 Å². The molecule has 0 aliphatic rings. The minimum absolute atomic E-state index is 0.0299. The molecule has 2 aromatic rings. The van der Waals surface area contributed by atoms with Gasteiger partial charge in [0.15, 0.2) is 0 Å². The number of ether oxygens (including phenoxy) is 1. The van der Waals surface area contributed by atoms with Gasteiger partial charge in [-0.2, -0.15) is 5.26 Å². The molecule has 1 heterocycles. The standard InChI is InChI=1S/C24H32N4O3S/c1-15(2)13-20(24(29)30-5)27-23-18(14-25)22(26)21(32-23)12-11-19(28-31-16(3)4)17-9-7-6-8-10-17/h6-10,15-16,20,27H,11-13,26H2,1-5H3/b28-19+. The van der Waals surface area contributed by atoms with E-state index in [-0.39, 0.29) is 18.0 Å². The van der Waals surface area contributed by atoms with E-state index in [9.17, 15) is 10.1 Å². The number of nitrogens with zero attached hydrogens (tertiary/aromatic N) is 2. The molecule has 1 atom stereocenters. The van der Waals surface area contributed by atoms with E-state index in [4.69, 9.17) is 15.3 Å². The zero-order valence-corrected chi connectivity index (χ0v) is 20.2. The minimum Gasteiger partial charge on any atom is -0.467 e. The van der Waals surface area contributed by atoms with Gasteiger partial charge in [0.1, 0.15) is 28.8 Å². The number of rotatable bonds is 11. The number of thiophene rings is 1. The molecule has 0 spiro atoms. The summed E-state index contributed by atoms with van der Waals surface area (Å²) in [5.41, 5.74) is 8.89. The van der Waals surface area contributed by atoms with E-state index in [1.165, 1.54) is 18.4 Å². The molecule has 8 heteroatoms. The Kier molecular flexibility index (Phi) is 9.54. The lowest BCUT2D eigenvalue weighted by atomic mass is 10.0. The van der Waals surface area contributed by atoms with Crippen molar-refractivity contribution in [1.82, 2.24) is 0 Å². The molecule has 0 radical (unpaired) electrons. The number of carbonyl (C=O) groups excluding carboxylic acids is 1. The van der Waals surface area contributed by atoms with Gasteiger partial charge < -0.3 is 20.6 Å². The van der Waals surface area contributed by atoms with Gasteiger partial charge in [-0.3, -0.25) is 0 Å². The molecule has 172 valence electrons. The van der Waals surface area contributed by atoms with Crippen LogP contribution in [0, 0.1) is 17.2 Å². The van der Waals surface area contributed by atoms with Gasteiger partial charge in [-0.15, -0.1) is 11.3 Å². The smallest absolute Gasteiger partial charge is 0.328 e. The number of esters is 1. The minimum atomic E-state index is -0.543. The third kappa shape index (κ3) is 6.99. The zero-order chi connectivity index (χ0) is 23.7. The Labute approximate surface area is 194 Å². The Hall–Kier alpha value is -3.05. The molecule has 0 saturated heterocycles.